The molecule has 0 aliphatic heterocycles. The Morgan fingerprint density at radius 3 is 2.82 bits per heavy atom. The first-order chi connectivity index (χ1) is 8.27. The second-order valence-electron chi connectivity index (χ2n) is 4.81. The summed E-state index contributed by atoms with van der Waals surface area (Å²) in [5.41, 5.74) is 1.05. The van der Waals surface area contributed by atoms with Crippen LogP contribution in [0.3, 0.4) is 0 Å². The van der Waals surface area contributed by atoms with Gasteiger partial charge in [0.15, 0.2) is 0 Å². The van der Waals surface area contributed by atoms with E-state index in [1.54, 1.807) is 6.20 Å². The first-order valence-electron chi connectivity index (χ1n) is 6.42. The minimum absolute atomic E-state index is 0.281. The average Bonchev–Trinajstić information content (AvgIpc) is 2.90. The van der Waals surface area contributed by atoms with Crippen molar-refractivity contribution in [2.45, 2.75) is 32.1 Å². The smallest absolute Gasteiger partial charge is 0.225 e. The molecule has 1 saturated carbocycles. The van der Waals surface area contributed by atoms with Gasteiger partial charge in [-0.2, -0.15) is 0 Å². The molecule has 0 spiro atoms. The Labute approximate surface area is 103 Å². The van der Waals surface area contributed by atoms with Gasteiger partial charge in [-0.05, 0) is 25.0 Å². The molecule has 3 nitrogen and oxygen atoms in total. The molecule has 0 aromatic carbocycles. The topological polar surface area (TPSA) is 33.2 Å². The van der Waals surface area contributed by atoms with E-state index in [-0.39, 0.29) is 5.92 Å². The van der Waals surface area contributed by atoms with E-state index in [1.165, 1.54) is 12.8 Å². The third-order valence-corrected chi connectivity index (χ3v) is 3.51. The number of rotatable bonds is 4. The fraction of sp³-hybridized carbons (Fsp3) is 0.571. The average molecular weight is 232 g/mol. The van der Waals surface area contributed by atoms with Crippen LogP contribution in [0.2, 0.25) is 0 Å². The summed E-state index contributed by atoms with van der Waals surface area (Å²) in [6.07, 6.45) is 7.22. The molecule has 1 fully saturated rings. The second-order valence-corrected chi connectivity index (χ2v) is 4.81. The second kappa shape index (κ2) is 5.80. The van der Waals surface area contributed by atoms with Gasteiger partial charge in [-0.1, -0.05) is 18.9 Å². The molecule has 3 heteroatoms. The number of hydrogen-bond donors (Lipinski definition) is 0. The maximum absolute atomic E-state index is 12.1. The van der Waals surface area contributed by atoms with Gasteiger partial charge in [0.25, 0.3) is 0 Å². The summed E-state index contributed by atoms with van der Waals surface area (Å²) < 4.78 is 0. The van der Waals surface area contributed by atoms with Gasteiger partial charge < -0.3 is 4.90 Å². The zero-order valence-electron chi connectivity index (χ0n) is 10.4. The van der Waals surface area contributed by atoms with Crippen molar-refractivity contribution in [1.29, 1.82) is 0 Å². The number of carbonyl (C=O) groups excluding carboxylic acids is 1. The maximum Gasteiger partial charge on any atom is 0.225 e. The molecule has 0 N–H and O–H groups in total. The summed E-state index contributed by atoms with van der Waals surface area (Å²) in [6.45, 7) is 0.770. The van der Waals surface area contributed by atoms with E-state index in [0.29, 0.717) is 5.91 Å². The highest BCUT2D eigenvalue weighted by Gasteiger charge is 2.25. The monoisotopic (exact) mass is 232 g/mol. The predicted octanol–water partition coefficient (Wildman–Crippen LogP) is 2.27. The summed E-state index contributed by atoms with van der Waals surface area (Å²) in [5, 5.41) is 0. The fourth-order valence-corrected chi connectivity index (χ4v) is 2.42. The summed E-state index contributed by atoms with van der Waals surface area (Å²) in [5.74, 6) is 0.599. The quantitative estimate of drug-likeness (QED) is 0.798. The maximum atomic E-state index is 12.1. The molecule has 1 aromatic heterocycles. The molecule has 0 saturated heterocycles. The summed E-state index contributed by atoms with van der Waals surface area (Å²) in [7, 11) is 1.91. The first kappa shape index (κ1) is 12.1. The molecular weight excluding hydrogens is 212 g/mol. The predicted molar refractivity (Wildman–Crippen MR) is 67.5 cm³/mol. The largest absolute Gasteiger partial charge is 0.345 e. The lowest BCUT2D eigenvalue weighted by molar-refractivity contribution is -0.133. The minimum Gasteiger partial charge on any atom is -0.345 e. The number of carbonyl (C=O) groups is 1. The molecule has 1 heterocycles. The van der Waals surface area contributed by atoms with Crippen molar-refractivity contribution in [2.75, 3.05) is 13.6 Å². The molecule has 1 aliphatic carbocycles. The van der Waals surface area contributed by atoms with E-state index in [4.69, 9.17) is 0 Å². The lowest BCUT2D eigenvalue weighted by atomic mass is 10.1. The van der Waals surface area contributed by atoms with Crippen molar-refractivity contribution in [3.8, 4) is 0 Å². The minimum atomic E-state index is 0.281. The number of amides is 1. The van der Waals surface area contributed by atoms with E-state index in [2.05, 4.69) is 4.98 Å². The third kappa shape index (κ3) is 3.29. The van der Waals surface area contributed by atoms with Gasteiger partial charge >= 0.3 is 0 Å². The van der Waals surface area contributed by atoms with Crippen LogP contribution in [-0.4, -0.2) is 29.4 Å². The van der Waals surface area contributed by atoms with Gasteiger partial charge in [-0.3, -0.25) is 9.78 Å². The van der Waals surface area contributed by atoms with Crippen LogP contribution in [0.25, 0.3) is 0 Å². The molecule has 0 radical (unpaired) electrons. The van der Waals surface area contributed by atoms with Gasteiger partial charge in [-0.25, -0.2) is 0 Å². The van der Waals surface area contributed by atoms with Crippen molar-refractivity contribution >= 4 is 5.91 Å². The summed E-state index contributed by atoms with van der Waals surface area (Å²) in [4.78, 5) is 18.2. The van der Waals surface area contributed by atoms with Crippen molar-refractivity contribution in [2.24, 2.45) is 5.92 Å². The Hall–Kier alpha value is -1.38. The number of hydrogen-bond acceptors (Lipinski definition) is 2. The van der Waals surface area contributed by atoms with Crippen LogP contribution in [0.15, 0.2) is 24.4 Å². The lowest BCUT2D eigenvalue weighted by Crippen LogP contribution is -2.33. The van der Waals surface area contributed by atoms with Gasteiger partial charge in [0.2, 0.25) is 5.91 Å². The Bertz CT molecular complexity index is 358. The van der Waals surface area contributed by atoms with Crippen molar-refractivity contribution in [3.05, 3.63) is 30.1 Å². The molecular formula is C14H20N2O. The van der Waals surface area contributed by atoms with Crippen LogP contribution < -0.4 is 0 Å². The van der Waals surface area contributed by atoms with E-state index in [9.17, 15) is 4.79 Å². The van der Waals surface area contributed by atoms with Crippen LogP contribution in [-0.2, 0) is 11.2 Å². The third-order valence-electron chi connectivity index (χ3n) is 3.51. The molecule has 1 aromatic rings. The highest BCUT2D eigenvalue weighted by Crippen LogP contribution is 2.26. The highest BCUT2D eigenvalue weighted by molar-refractivity contribution is 5.78. The van der Waals surface area contributed by atoms with Gasteiger partial charge in [0.05, 0.1) is 0 Å². The van der Waals surface area contributed by atoms with E-state index < -0.39 is 0 Å². The molecule has 2 rings (SSSR count). The number of aromatic nitrogens is 1. The van der Waals surface area contributed by atoms with Gasteiger partial charge in [0.1, 0.15) is 0 Å². The Morgan fingerprint density at radius 1 is 1.41 bits per heavy atom. The van der Waals surface area contributed by atoms with Crippen molar-refractivity contribution in [3.63, 3.8) is 0 Å². The van der Waals surface area contributed by atoms with Gasteiger partial charge in [0, 0.05) is 37.8 Å². The zero-order chi connectivity index (χ0) is 12.1. The van der Waals surface area contributed by atoms with Crippen LogP contribution in [0.4, 0.5) is 0 Å². The van der Waals surface area contributed by atoms with Crippen LogP contribution in [0.1, 0.15) is 31.4 Å². The molecule has 1 amide bonds. The molecule has 1 aliphatic rings. The molecule has 0 atom stereocenters. The van der Waals surface area contributed by atoms with Crippen LogP contribution in [0, 0.1) is 5.92 Å². The van der Waals surface area contributed by atoms with Crippen molar-refractivity contribution in [1.82, 2.24) is 9.88 Å². The van der Waals surface area contributed by atoms with E-state index in [1.807, 2.05) is 30.1 Å². The van der Waals surface area contributed by atoms with Gasteiger partial charge in [-0.15, -0.1) is 0 Å². The number of likely N-dealkylation sites (N-methyl/N-ethyl adjacent to an activating group) is 1. The lowest BCUT2D eigenvalue weighted by Gasteiger charge is -2.20. The normalized spacial score (nSPS) is 16.1. The highest BCUT2D eigenvalue weighted by atomic mass is 16.2. The molecule has 17 heavy (non-hydrogen) atoms. The fourth-order valence-electron chi connectivity index (χ4n) is 2.42. The summed E-state index contributed by atoms with van der Waals surface area (Å²) in [6, 6.07) is 5.91. The SMILES string of the molecule is CN(CCc1ccccn1)C(=O)C1CCCC1. The van der Waals surface area contributed by atoms with E-state index >= 15 is 0 Å². The van der Waals surface area contributed by atoms with Crippen molar-refractivity contribution < 1.29 is 4.79 Å². The Morgan fingerprint density at radius 2 is 2.18 bits per heavy atom. The Kier molecular flexibility index (Phi) is 4.13. The first-order valence-corrected chi connectivity index (χ1v) is 6.42. The van der Waals surface area contributed by atoms with Crippen LogP contribution in [0.5, 0.6) is 0 Å². The standard InChI is InChI=1S/C14H20N2O/c1-16(14(17)12-6-2-3-7-12)11-9-13-8-4-5-10-15-13/h4-5,8,10,12H,2-3,6-7,9,11H2,1H3. The summed E-state index contributed by atoms with van der Waals surface area (Å²) >= 11 is 0. The number of nitrogens with zero attached hydrogens (tertiary/aromatic N) is 2. The molecule has 0 bridgehead atoms. The van der Waals surface area contributed by atoms with Crippen LogP contribution >= 0.6 is 0 Å². The molecule has 0 unspecified atom stereocenters. The zero-order valence-corrected chi connectivity index (χ0v) is 10.4. The number of pyridine rings is 1. The Balaban J connectivity index is 1.80. The molecule has 92 valence electrons. The van der Waals surface area contributed by atoms with E-state index in [0.717, 1.165) is 31.5 Å².